The number of amides is 1. The number of aliphatic hydroxyl groups excluding tert-OH is 1. The Morgan fingerprint density at radius 3 is 2.64 bits per heavy atom. The number of carbonyl (C=O) groups excluding carboxylic acids is 1. The van der Waals surface area contributed by atoms with Crippen molar-refractivity contribution in [2.45, 2.75) is 25.9 Å². The molecular weight excluding hydrogens is 282 g/mol. The number of rotatable bonds is 5. The van der Waals surface area contributed by atoms with Gasteiger partial charge < -0.3 is 14.5 Å². The normalized spacial score (nSPS) is 15.6. The molecule has 1 fully saturated rings. The lowest BCUT2D eigenvalue weighted by Gasteiger charge is -2.20. The Bertz CT molecular complexity index is 662. The number of aromatic nitrogens is 2. The first-order chi connectivity index (χ1) is 10.5. The van der Waals surface area contributed by atoms with Gasteiger partial charge in [0.05, 0.1) is 6.10 Å². The summed E-state index contributed by atoms with van der Waals surface area (Å²) in [5.74, 6) is 1.27. The molecule has 1 aliphatic rings. The van der Waals surface area contributed by atoms with Gasteiger partial charge in [0.2, 0.25) is 0 Å². The minimum absolute atomic E-state index is 0.104. The van der Waals surface area contributed by atoms with Crippen LogP contribution in [0.25, 0.3) is 11.5 Å². The number of nitrogens with zero attached hydrogens (tertiary/aromatic N) is 3. The van der Waals surface area contributed by atoms with Gasteiger partial charge in [-0.1, -0.05) is 5.16 Å². The number of likely N-dealkylation sites (N-methyl/N-ethyl adjacent to an activating group) is 1. The number of aryl methyl sites for hydroxylation is 1. The molecule has 0 aliphatic heterocycles. The summed E-state index contributed by atoms with van der Waals surface area (Å²) in [5.41, 5.74) is 1.35. The maximum atomic E-state index is 12.3. The van der Waals surface area contributed by atoms with E-state index in [0.29, 0.717) is 29.7 Å². The average molecular weight is 301 g/mol. The van der Waals surface area contributed by atoms with Crippen LogP contribution in [-0.2, 0) is 0 Å². The van der Waals surface area contributed by atoms with E-state index in [2.05, 4.69) is 10.1 Å². The lowest BCUT2D eigenvalue weighted by Crippen LogP contribution is -2.35. The van der Waals surface area contributed by atoms with E-state index in [1.165, 1.54) is 0 Å². The van der Waals surface area contributed by atoms with Crippen LogP contribution in [0, 0.1) is 12.8 Å². The topological polar surface area (TPSA) is 79.5 Å². The van der Waals surface area contributed by atoms with Gasteiger partial charge in [-0.25, -0.2) is 0 Å². The molecule has 6 nitrogen and oxygen atoms in total. The minimum atomic E-state index is -0.422. The van der Waals surface area contributed by atoms with Gasteiger partial charge in [0.15, 0.2) is 5.82 Å². The highest BCUT2D eigenvalue weighted by molar-refractivity contribution is 5.94. The van der Waals surface area contributed by atoms with Crippen LogP contribution in [0.1, 0.15) is 29.0 Å². The van der Waals surface area contributed by atoms with Crippen molar-refractivity contribution < 1.29 is 14.4 Å². The van der Waals surface area contributed by atoms with Crippen LogP contribution in [-0.4, -0.2) is 45.8 Å². The Hall–Kier alpha value is -2.21. The first-order valence-corrected chi connectivity index (χ1v) is 7.39. The summed E-state index contributed by atoms with van der Waals surface area (Å²) in [4.78, 5) is 18.1. The van der Waals surface area contributed by atoms with E-state index >= 15 is 0 Å². The van der Waals surface area contributed by atoms with Gasteiger partial charge in [-0.2, -0.15) is 4.98 Å². The Morgan fingerprint density at radius 1 is 1.41 bits per heavy atom. The molecule has 1 saturated carbocycles. The van der Waals surface area contributed by atoms with Crippen molar-refractivity contribution in [1.82, 2.24) is 15.0 Å². The van der Waals surface area contributed by atoms with Crippen molar-refractivity contribution in [3.05, 3.63) is 35.7 Å². The van der Waals surface area contributed by atoms with Gasteiger partial charge >= 0.3 is 0 Å². The molecule has 1 unspecified atom stereocenters. The highest BCUT2D eigenvalue weighted by Gasteiger charge is 2.31. The summed E-state index contributed by atoms with van der Waals surface area (Å²) in [6.07, 6.45) is 1.69. The minimum Gasteiger partial charge on any atom is -0.391 e. The van der Waals surface area contributed by atoms with E-state index in [9.17, 15) is 9.90 Å². The van der Waals surface area contributed by atoms with E-state index in [-0.39, 0.29) is 5.91 Å². The summed E-state index contributed by atoms with van der Waals surface area (Å²) < 4.78 is 5.09. The molecule has 1 heterocycles. The van der Waals surface area contributed by atoms with E-state index in [4.69, 9.17) is 4.52 Å². The molecule has 1 atom stereocenters. The molecule has 116 valence electrons. The molecule has 0 saturated heterocycles. The summed E-state index contributed by atoms with van der Waals surface area (Å²) in [6, 6.07) is 7.03. The second-order valence-corrected chi connectivity index (χ2v) is 5.81. The maximum Gasteiger partial charge on any atom is 0.257 e. The summed E-state index contributed by atoms with van der Waals surface area (Å²) in [7, 11) is 1.71. The fourth-order valence-electron chi connectivity index (χ4n) is 2.38. The number of hydrogen-bond donors (Lipinski definition) is 1. The van der Waals surface area contributed by atoms with Crippen LogP contribution in [0.2, 0.25) is 0 Å². The Morgan fingerprint density at radius 2 is 2.09 bits per heavy atom. The second-order valence-electron chi connectivity index (χ2n) is 5.81. The SMILES string of the molecule is Cc1noc(-c2ccc(C(=O)N(C)CC(O)C3CC3)cc2)n1. The first-order valence-electron chi connectivity index (χ1n) is 7.39. The largest absolute Gasteiger partial charge is 0.391 e. The molecule has 3 rings (SSSR count). The summed E-state index contributed by atoms with van der Waals surface area (Å²) >= 11 is 0. The van der Waals surface area contributed by atoms with Crippen LogP contribution in [0.4, 0.5) is 0 Å². The molecule has 1 aliphatic carbocycles. The van der Waals surface area contributed by atoms with Crippen molar-refractivity contribution in [3.8, 4) is 11.5 Å². The average Bonchev–Trinajstić information content (AvgIpc) is 3.28. The standard InChI is InChI=1S/C16H19N3O3/c1-10-17-15(22-18-10)12-5-7-13(8-6-12)16(21)19(2)9-14(20)11-3-4-11/h5-8,11,14,20H,3-4,9H2,1-2H3. The fraction of sp³-hybridized carbons (Fsp3) is 0.438. The van der Waals surface area contributed by atoms with Crippen LogP contribution in [0.5, 0.6) is 0 Å². The Labute approximate surface area is 128 Å². The van der Waals surface area contributed by atoms with Crippen LogP contribution < -0.4 is 0 Å². The van der Waals surface area contributed by atoms with Gasteiger partial charge in [-0.3, -0.25) is 4.79 Å². The van der Waals surface area contributed by atoms with Gasteiger partial charge in [-0.05, 0) is 49.9 Å². The highest BCUT2D eigenvalue weighted by atomic mass is 16.5. The maximum absolute atomic E-state index is 12.3. The quantitative estimate of drug-likeness (QED) is 0.912. The summed E-state index contributed by atoms with van der Waals surface area (Å²) in [6.45, 7) is 2.12. The Kier molecular flexibility index (Phi) is 3.94. The highest BCUT2D eigenvalue weighted by Crippen LogP contribution is 2.32. The molecule has 2 aromatic rings. The molecule has 1 aromatic heterocycles. The van der Waals surface area contributed by atoms with Gasteiger partial charge in [0.25, 0.3) is 11.8 Å². The number of benzene rings is 1. The zero-order chi connectivity index (χ0) is 15.7. The van der Waals surface area contributed by atoms with Gasteiger partial charge in [0.1, 0.15) is 0 Å². The molecule has 0 bridgehead atoms. The number of aliphatic hydroxyl groups is 1. The Balaban J connectivity index is 1.67. The molecule has 1 N–H and O–H groups in total. The molecule has 1 amide bonds. The van der Waals surface area contributed by atoms with Crippen molar-refractivity contribution in [1.29, 1.82) is 0 Å². The monoisotopic (exact) mass is 301 g/mol. The van der Waals surface area contributed by atoms with Crippen molar-refractivity contribution in [2.75, 3.05) is 13.6 Å². The van der Waals surface area contributed by atoms with Crippen LogP contribution in [0.15, 0.2) is 28.8 Å². The molecular formula is C16H19N3O3. The first kappa shape index (κ1) is 14.7. The van der Waals surface area contributed by atoms with E-state index in [1.807, 2.05) is 0 Å². The lowest BCUT2D eigenvalue weighted by molar-refractivity contribution is 0.0645. The summed E-state index contributed by atoms with van der Waals surface area (Å²) in [5, 5.41) is 13.7. The van der Waals surface area contributed by atoms with Crippen molar-refractivity contribution in [3.63, 3.8) is 0 Å². The van der Waals surface area contributed by atoms with E-state index in [0.717, 1.165) is 18.4 Å². The zero-order valence-corrected chi connectivity index (χ0v) is 12.7. The lowest BCUT2D eigenvalue weighted by atomic mass is 10.1. The third kappa shape index (κ3) is 3.17. The second kappa shape index (κ2) is 5.88. The van der Waals surface area contributed by atoms with E-state index < -0.39 is 6.10 Å². The fourth-order valence-corrected chi connectivity index (χ4v) is 2.38. The molecule has 1 aromatic carbocycles. The van der Waals surface area contributed by atoms with Crippen molar-refractivity contribution in [2.24, 2.45) is 5.92 Å². The van der Waals surface area contributed by atoms with E-state index in [1.54, 1.807) is 43.1 Å². The third-order valence-corrected chi connectivity index (χ3v) is 3.88. The predicted octanol–water partition coefficient (Wildman–Crippen LogP) is 1.89. The van der Waals surface area contributed by atoms with Crippen molar-refractivity contribution >= 4 is 5.91 Å². The predicted molar refractivity (Wildman–Crippen MR) is 80.2 cm³/mol. The van der Waals surface area contributed by atoms with Gasteiger partial charge in [0, 0.05) is 24.7 Å². The molecule has 22 heavy (non-hydrogen) atoms. The third-order valence-electron chi connectivity index (χ3n) is 3.88. The van der Waals surface area contributed by atoms with Gasteiger partial charge in [-0.15, -0.1) is 0 Å². The smallest absolute Gasteiger partial charge is 0.257 e. The number of hydrogen-bond acceptors (Lipinski definition) is 5. The molecule has 0 spiro atoms. The molecule has 6 heteroatoms. The number of carbonyl (C=O) groups is 1. The zero-order valence-electron chi connectivity index (χ0n) is 12.7. The van der Waals surface area contributed by atoms with Crippen LogP contribution >= 0.6 is 0 Å². The van der Waals surface area contributed by atoms with Crippen LogP contribution in [0.3, 0.4) is 0 Å². The molecule has 0 radical (unpaired) electrons.